The molecule has 0 spiro atoms. The van der Waals surface area contributed by atoms with Crippen LogP contribution in [0.2, 0.25) is 0 Å². The summed E-state index contributed by atoms with van der Waals surface area (Å²) in [5, 5.41) is 1.11. The first-order chi connectivity index (χ1) is 9.15. The van der Waals surface area contributed by atoms with Gasteiger partial charge in [-0.25, -0.2) is 4.98 Å². The van der Waals surface area contributed by atoms with Crippen molar-refractivity contribution in [1.29, 1.82) is 0 Å². The lowest BCUT2D eigenvalue weighted by Crippen LogP contribution is -2.10. The fraction of sp³-hybridized carbons (Fsp3) is 0.143. The van der Waals surface area contributed by atoms with E-state index in [2.05, 4.69) is 22.1 Å². The van der Waals surface area contributed by atoms with E-state index in [-0.39, 0.29) is 18.0 Å². The topological polar surface area (TPSA) is 50.7 Å². The number of imidazole rings is 1. The van der Waals surface area contributed by atoms with Crippen LogP contribution < -0.4 is 5.56 Å². The minimum atomic E-state index is -0.0207. The zero-order valence-electron chi connectivity index (χ0n) is 11.1. The van der Waals surface area contributed by atoms with Crippen molar-refractivity contribution in [2.24, 2.45) is 0 Å². The van der Waals surface area contributed by atoms with Crippen LogP contribution in [0.5, 0.6) is 0 Å². The third-order valence-corrected chi connectivity index (χ3v) is 4.17. The van der Waals surface area contributed by atoms with Gasteiger partial charge in [-0.3, -0.25) is 9.36 Å². The quantitative estimate of drug-likeness (QED) is 0.789. The van der Waals surface area contributed by atoms with Crippen LogP contribution >= 0.6 is 23.7 Å². The van der Waals surface area contributed by atoms with Crippen LogP contribution in [0.4, 0.5) is 0 Å². The van der Waals surface area contributed by atoms with E-state index in [0.717, 1.165) is 26.7 Å². The molecule has 0 saturated carbocycles. The first-order valence-electron chi connectivity index (χ1n) is 5.94. The van der Waals surface area contributed by atoms with Gasteiger partial charge >= 0.3 is 0 Å². The lowest BCUT2D eigenvalue weighted by atomic mass is 10.1. The molecule has 0 aliphatic carbocycles. The third kappa shape index (κ3) is 2.55. The Morgan fingerprint density at radius 2 is 2.10 bits per heavy atom. The average Bonchev–Trinajstić information content (AvgIpc) is 3.03. The van der Waals surface area contributed by atoms with Gasteiger partial charge in [-0.05, 0) is 32.0 Å². The second-order valence-corrected chi connectivity index (χ2v) is 5.49. The van der Waals surface area contributed by atoms with Crippen LogP contribution in [0.25, 0.3) is 15.4 Å². The summed E-state index contributed by atoms with van der Waals surface area (Å²) in [7, 11) is 0. The van der Waals surface area contributed by atoms with Crippen LogP contribution in [0.3, 0.4) is 0 Å². The van der Waals surface area contributed by atoms with Crippen molar-refractivity contribution in [3.05, 3.63) is 58.5 Å². The summed E-state index contributed by atoms with van der Waals surface area (Å²) >= 11 is 1.67. The zero-order chi connectivity index (χ0) is 13.4. The Hall–Kier alpha value is -1.85. The molecule has 0 saturated heterocycles. The number of aryl methyl sites for hydroxylation is 2. The van der Waals surface area contributed by atoms with Gasteiger partial charge in [0.05, 0.1) is 6.33 Å². The van der Waals surface area contributed by atoms with E-state index in [4.69, 9.17) is 0 Å². The number of hydrogen-bond donors (Lipinski definition) is 1. The third-order valence-electron chi connectivity index (χ3n) is 3.04. The summed E-state index contributed by atoms with van der Waals surface area (Å²) < 4.78 is 1.97. The van der Waals surface area contributed by atoms with Crippen LogP contribution in [0, 0.1) is 13.8 Å². The predicted molar refractivity (Wildman–Crippen MR) is 84.2 cm³/mol. The van der Waals surface area contributed by atoms with Gasteiger partial charge in [-0.1, -0.05) is 0 Å². The van der Waals surface area contributed by atoms with Crippen molar-refractivity contribution < 1.29 is 0 Å². The number of nitrogens with zero attached hydrogens (tertiary/aromatic N) is 2. The molecule has 3 heterocycles. The van der Waals surface area contributed by atoms with E-state index in [1.807, 2.05) is 30.7 Å². The summed E-state index contributed by atoms with van der Waals surface area (Å²) in [5.41, 5.74) is 2.69. The molecular formula is C14H14ClN3OS. The molecule has 0 fully saturated rings. The second kappa shape index (κ2) is 5.64. The Labute approximate surface area is 126 Å². The van der Waals surface area contributed by atoms with Gasteiger partial charge in [0, 0.05) is 34.1 Å². The minimum absolute atomic E-state index is 0. The fourth-order valence-electron chi connectivity index (χ4n) is 1.98. The molecule has 20 heavy (non-hydrogen) atoms. The van der Waals surface area contributed by atoms with Gasteiger partial charge in [0.2, 0.25) is 0 Å². The maximum absolute atomic E-state index is 11.6. The summed E-state index contributed by atoms with van der Waals surface area (Å²) in [5.74, 6) is 0. The second-order valence-electron chi connectivity index (χ2n) is 4.43. The van der Waals surface area contributed by atoms with Crippen molar-refractivity contribution >= 4 is 23.7 Å². The average molecular weight is 308 g/mol. The molecule has 3 aromatic heterocycles. The molecule has 4 nitrogen and oxygen atoms in total. The van der Waals surface area contributed by atoms with E-state index < -0.39 is 0 Å². The van der Waals surface area contributed by atoms with Crippen LogP contribution in [-0.2, 0) is 0 Å². The van der Waals surface area contributed by atoms with Crippen molar-refractivity contribution in [2.75, 3.05) is 0 Å². The van der Waals surface area contributed by atoms with Crippen molar-refractivity contribution in [3.8, 4) is 15.4 Å². The Morgan fingerprint density at radius 1 is 1.30 bits per heavy atom. The fourth-order valence-corrected chi connectivity index (χ4v) is 3.02. The maximum atomic E-state index is 11.6. The molecule has 0 radical (unpaired) electrons. The molecule has 0 amide bonds. The maximum Gasteiger partial charge on any atom is 0.251 e. The van der Waals surface area contributed by atoms with E-state index in [0.29, 0.717) is 0 Å². The van der Waals surface area contributed by atoms with Crippen molar-refractivity contribution in [2.45, 2.75) is 13.8 Å². The summed E-state index contributed by atoms with van der Waals surface area (Å²) in [4.78, 5) is 19.6. The molecule has 0 unspecified atom stereocenters. The van der Waals surface area contributed by atoms with E-state index >= 15 is 0 Å². The first-order valence-corrected chi connectivity index (χ1v) is 6.76. The summed E-state index contributed by atoms with van der Waals surface area (Å²) in [6.45, 7) is 3.75. The van der Waals surface area contributed by atoms with E-state index in [1.54, 1.807) is 23.9 Å². The Kier molecular flexibility index (Phi) is 4.11. The van der Waals surface area contributed by atoms with Gasteiger partial charge in [0.25, 0.3) is 5.56 Å². The standard InChI is InChI=1S/C14H13N3OS.ClH/c1-9-7-11(10(2)16-14(9)18)12-3-4-13(19-12)17-6-5-15-8-17;/h3-8H,1-2H3,(H,16,18);1H. The number of rotatable bonds is 2. The number of thiophene rings is 1. The first kappa shape index (κ1) is 14.6. The molecule has 0 aliphatic rings. The molecule has 0 atom stereocenters. The Morgan fingerprint density at radius 3 is 2.80 bits per heavy atom. The summed E-state index contributed by atoms with van der Waals surface area (Å²) in [6, 6.07) is 6.07. The van der Waals surface area contributed by atoms with Crippen molar-refractivity contribution in [3.63, 3.8) is 0 Å². The number of halogens is 1. The number of pyridine rings is 1. The molecule has 0 aromatic carbocycles. The highest BCUT2D eigenvalue weighted by Crippen LogP contribution is 2.31. The van der Waals surface area contributed by atoms with Crippen LogP contribution in [-0.4, -0.2) is 14.5 Å². The number of hydrogen-bond acceptors (Lipinski definition) is 3. The molecular weight excluding hydrogens is 294 g/mol. The lowest BCUT2D eigenvalue weighted by molar-refractivity contribution is 1.09. The molecule has 3 rings (SSSR count). The predicted octanol–water partition coefficient (Wildman–Crippen LogP) is 3.33. The minimum Gasteiger partial charge on any atom is -0.326 e. The normalized spacial score (nSPS) is 10.3. The molecule has 0 aliphatic heterocycles. The van der Waals surface area contributed by atoms with Crippen LogP contribution in [0.1, 0.15) is 11.3 Å². The van der Waals surface area contributed by atoms with Gasteiger partial charge in [0.15, 0.2) is 0 Å². The molecule has 0 bridgehead atoms. The number of H-pyrrole nitrogens is 1. The molecule has 1 N–H and O–H groups in total. The smallest absolute Gasteiger partial charge is 0.251 e. The zero-order valence-corrected chi connectivity index (χ0v) is 12.7. The molecule has 6 heteroatoms. The van der Waals surface area contributed by atoms with E-state index in [1.165, 1.54) is 0 Å². The highest BCUT2D eigenvalue weighted by Gasteiger charge is 2.09. The number of aromatic nitrogens is 3. The highest BCUT2D eigenvalue weighted by molar-refractivity contribution is 7.17. The van der Waals surface area contributed by atoms with Gasteiger partial charge in [0.1, 0.15) is 5.00 Å². The summed E-state index contributed by atoms with van der Waals surface area (Å²) in [6.07, 6.45) is 5.45. The Bertz CT molecular complexity index is 774. The van der Waals surface area contributed by atoms with Gasteiger partial charge < -0.3 is 4.98 Å². The number of aromatic amines is 1. The number of nitrogens with one attached hydrogen (secondary N) is 1. The molecule has 104 valence electrons. The van der Waals surface area contributed by atoms with E-state index in [9.17, 15) is 4.79 Å². The Balaban J connectivity index is 0.00000147. The SMILES string of the molecule is Cc1[nH]c(=O)c(C)cc1-c1ccc(-n2ccnc2)s1.Cl. The highest BCUT2D eigenvalue weighted by atomic mass is 35.5. The largest absolute Gasteiger partial charge is 0.326 e. The monoisotopic (exact) mass is 307 g/mol. The molecule has 3 aromatic rings. The lowest BCUT2D eigenvalue weighted by Gasteiger charge is -2.04. The van der Waals surface area contributed by atoms with Crippen molar-refractivity contribution in [1.82, 2.24) is 14.5 Å². The van der Waals surface area contributed by atoms with Crippen LogP contribution in [0.15, 0.2) is 41.7 Å². The van der Waals surface area contributed by atoms with Gasteiger partial charge in [-0.2, -0.15) is 0 Å². The van der Waals surface area contributed by atoms with Gasteiger partial charge in [-0.15, -0.1) is 23.7 Å².